The summed E-state index contributed by atoms with van der Waals surface area (Å²) < 4.78 is 19.5. The second-order valence-electron chi connectivity index (χ2n) is 4.96. The summed E-state index contributed by atoms with van der Waals surface area (Å²) in [5, 5.41) is 0. The molecule has 1 aliphatic rings. The Labute approximate surface area is 137 Å². The molecule has 120 valence electrons. The highest BCUT2D eigenvalue weighted by molar-refractivity contribution is 9.10. The molecule has 0 aliphatic carbocycles. The van der Waals surface area contributed by atoms with Gasteiger partial charge in [0.05, 0.1) is 12.2 Å². The van der Waals surface area contributed by atoms with Crippen molar-refractivity contribution in [3.8, 4) is 0 Å². The monoisotopic (exact) mass is 372 g/mol. The number of ether oxygens (including phenoxy) is 1. The molecule has 1 fully saturated rings. The van der Waals surface area contributed by atoms with Gasteiger partial charge >= 0.3 is 6.09 Å². The van der Waals surface area contributed by atoms with Gasteiger partial charge in [0.1, 0.15) is 5.82 Å². The minimum Gasteiger partial charge on any atom is -0.450 e. The van der Waals surface area contributed by atoms with Crippen LogP contribution in [0.4, 0.5) is 9.18 Å². The molecule has 0 aromatic heterocycles. The van der Waals surface area contributed by atoms with Gasteiger partial charge < -0.3 is 14.5 Å². The fourth-order valence-electron chi connectivity index (χ4n) is 2.35. The van der Waals surface area contributed by atoms with E-state index in [-0.39, 0.29) is 17.6 Å². The van der Waals surface area contributed by atoms with E-state index < -0.39 is 5.82 Å². The fourth-order valence-corrected chi connectivity index (χ4v) is 2.71. The van der Waals surface area contributed by atoms with Crippen molar-refractivity contribution < 1.29 is 18.7 Å². The molecule has 1 saturated heterocycles. The van der Waals surface area contributed by atoms with Crippen LogP contribution in [0.25, 0.3) is 0 Å². The van der Waals surface area contributed by atoms with Gasteiger partial charge in [-0.3, -0.25) is 4.79 Å². The van der Waals surface area contributed by atoms with Crippen molar-refractivity contribution in [2.24, 2.45) is 0 Å². The molecule has 0 spiro atoms. The molecule has 1 aromatic rings. The Morgan fingerprint density at radius 3 is 2.64 bits per heavy atom. The number of halogens is 2. The van der Waals surface area contributed by atoms with Gasteiger partial charge in [-0.25, -0.2) is 9.18 Å². The summed E-state index contributed by atoms with van der Waals surface area (Å²) in [4.78, 5) is 27.3. The summed E-state index contributed by atoms with van der Waals surface area (Å²) in [6.07, 6.45) is 0.269. The zero-order valence-corrected chi connectivity index (χ0v) is 13.9. The number of carbonyl (C=O) groups is 2. The van der Waals surface area contributed by atoms with Gasteiger partial charge in [-0.15, -0.1) is 0 Å². The fraction of sp³-hybridized carbons (Fsp3) is 0.467. The predicted molar refractivity (Wildman–Crippen MR) is 83.2 cm³/mol. The Balaban J connectivity index is 2.06. The normalized spacial score (nSPS) is 15.4. The van der Waals surface area contributed by atoms with E-state index in [0.717, 1.165) is 0 Å². The Kier molecular flexibility index (Phi) is 5.76. The van der Waals surface area contributed by atoms with Crippen LogP contribution in [0.1, 0.15) is 23.7 Å². The van der Waals surface area contributed by atoms with E-state index in [1.54, 1.807) is 22.8 Å². The van der Waals surface area contributed by atoms with Crippen LogP contribution >= 0.6 is 15.9 Å². The van der Waals surface area contributed by atoms with Gasteiger partial charge in [0.25, 0.3) is 5.91 Å². The number of hydrogen-bond acceptors (Lipinski definition) is 3. The number of benzene rings is 1. The van der Waals surface area contributed by atoms with Crippen LogP contribution in [0.2, 0.25) is 0 Å². The summed E-state index contributed by atoms with van der Waals surface area (Å²) in [7, 11) is 0. The first-order valence-electron chi connectivity index (χ1n) is 7.19. The van der Waals surface area contributed by atoms with Crippen LogP contribution in [0, 0.1) is 5.82 Å². The van der Waals surface area contributed by atoms with Crippen LogP contribution in [0.5, 0.6) is 0 Å². The molecule has 0 saturated carbocycles. The third kappa shape index (κ3) is 3.97. The largest absolute Gasteiger partial charge is 0.450 e. The summed E-state index contributed by atoms with van der Waals surface area (Å²) in [5.41, 5.74) is 0.0407. The lowest BCUT2D eigenvalue weighted by molar-refractivity contribution is 0.0749. The third-order valence-electron chi connectivity index (χ3n) is 3.47. The average molecular weight is 373 g/mol. The quantitative estimate of drug-likeness (QED) is 0.801. The van der Waals surface area contributed by atoms with Crippen LogP contribution < -0.4 is 0 Å². The zero-order valence-electron chi connectivity index (χ0n) is 12.3. The molecule has 1 heterocycles. The maximum atomic E-state index is 13.8. The standard InChI is InChI=1S/C15H18BrFN2O3/c1-2-22-15(21)19-7-3-6-18(8-9-19)14(20)12-10-11(16)4-5-13(12)17/h4-5,10H,2-3,6-9H2,1H3. The van der Waals surface area contributed by atoms with E-state index in [0.29, 0.717) is 43.7 Å². The molecule has 22 heavy (non-hydrogen) atoms. The molecule has 0 atom stereocenters. The number of rotatable bonds is 2. The van der Waals surface area contributed by atoms with E-state index >= 15 is 0 Å². The van der Waals surface area contributed by atoms with Gasteiger partial charge in [0.15, 0.2) is 0 Å². The van der Waals surface area contributed by atoms with Gasteiger partial charge in [-0.1, -0.05) is 15.9 Å². The number of carbonyl (C=O) groups excluding carboxylic acids is 2. The molecule has 0 N–H and O–H groups in total. The van der Waals surface area contributed by atoms with E-state index in [2.05, 4.69) is 15.9 Å². The first kappa shape index (κ1) is 16.7. The highest BCUT2D eigenvalue weighted by Crippen LogP contribution is 2.18. The van der Waals surface area contributed by atoms with E-state index in [1.807, 2.05) is 0 Å². The maximum absolute atomic E-state index is 13.8. The van der Waals surface area contributed by atoms with Crippen LogP contribution in [-0.2, 0) is 4.74 Å². The van der Waals surface area contributed by atoms with Crippen molar-refractivity contribution >= 4 is 27.9 Å². The van der Waals surface area contributed by atoms with Crippen LogP contribution in [-0.4, -0.2) is 54.6 Å². The van der Waals surface area contributed by atoms with Crippen LogP contribution in [0.3, 0.4) is 0 Å². The van der Waals surface area contributed by atoms with Gasteiger partial charge in [-0.2, -0.15) is 0 Å². The molecule has 5 nitrogen and oxygen atoms in total. The van der Waals surface area contributed by atoms with E-state index in [4.69, 9.17) is 4.74 Å². The first-order chi connectivity index (χ1) is 10.5. The zero-order chi connectivity index (χ0) is 16.1. The van der Waals surface area contributed by atoms with Crippen molar-refractivity contribution in [3.63, 3.8) is 0 Å². The summed E-state index contributed by atoms with van der Waals surface area (Å²) in [6.45, 7) is 3.84. The Morgan fingerprint density at radius 1 is 1.23 bits per heavy atom. The molecule has 0 bridgehead atoms. The molecule has 1 aliphatic heterocycles. The van der Waals surface area contributed by atoms with E-state index in [9.17, 15) is 14.0 Å². The van der Waals surface area contributed by atoms with Gasteiger partial charge in [0, 0.05) is 30.7 Å². The minimum absolute atomic E-state index is 0.0407. The smallest absolute Gasteiger partial charge is 0.409 e. The lowest BCUT2D eigenvalue weighted by atomic mass is 10.2. The highest BCUT2D eigenvalue weighted by Gasteiger charge is 2.25. The van der Waals surface area contributed by atoms with Crippen molar-refractivity contribution in [2.45, 2.75) is 13.3 Å². The van der Waals surface area contributed by atoms with Crippen molar-refractivity contribution in [3.05, 3.63) is 34.1 Å². The molecule has 0 radical (unpaired) electrons. The molecular formula is C15H18BrFN2O3. The van der Waals surface area contributed by atoms with E-state index in [1.165, 1.54) is 12.1 Å². The number of hydrogen-bond donors (Lipinski definition) is 0. The summed E-state index contributed by atoms with van der Waals surface area (Å²) >= 11 is 3.24. The topological polar surface area (TPSA) is 49.9 Å². The number of nitrogens with zero attached hydrogens (tertiary/aromatic N) is 2. The SMILES string of the molecule is CCOC(=O)N1CCCN(C(=O)c2cc(Br)ccc2F)CC1. The van der Waals surface area contributed by atoms with Crippen molar-refractivity contribution in [1.29, 1.82) is 0 Å². The average Bonchev–Trinajstić information content (AvgIpc) is 2.75. The molecule has 2 rings (SSSR count). The first-order valence-corrected chi connectivity index (χ1v) is 7.98. The van der Waals surface area contributed by atoms with Gasteiger partial charge in [-0.05, 0) is 31.5 Å². The highest BCUT2D eigenvalue weighted by atomic mass is 79.9. The second kappa shape index (κ2) is 7.58. The van der Waals surface area contributed by atoms with Gasteiger partial charge in [0.2, 0.25) is 0 Å². The third-order valence-corrected chi connectivity index (χ3v) is 3.96. The van der Waals surface area contributed by atoms with Crippen molar-refractivity contribution in [1.82, 2.24) is 9.80 Å². The molecule has 2 amide bonds. The van der Waals surface area contributed by atoms with Crippen LogP contribution in [0.15, 0.2) is 22.7 Å². The summed E-state index contributed by atoms with van der Waals surface area (Å²) in [5.74, 6) is -0.899. The minimum atomic E-state index is -0.542. The predicted octanol–water partition coefficient (Wildman–Crippen LogP) is 2.89. The Bertz CT molecular complexity index is 568. The maximum Gasteiger partial charge on any atom is 0.409 e. The summed E-state index contributed by atoms with van der Waals surface area (Å²) in [6, 6.07) is 4.29. The molecular weight excluding hydrogens is 355 g/mol. The Hall–Kier alpha value is -1.63. The lowest BCUT2D eigenvalue weighted by Crippen LogP contribution is -2.37. The lowest BCUT2D eigenvalue weighted by Gasteiger charge is -2.22. The molecule has 1 aromatic carbocycles. The number of amides is 2. The molecule has 7 heteroatoms. The molecule has 0 unspecified atom stereocenters. The van der Waals surface area contributed by atoms with Crippen molar-refractivity contribution in [2.75, 3.05) is 32.8 Å². The second-order valence-corrected chi connectivity index (χ2v) is 5.87. The Morgan fingerprint density at radius 2 is 1.91 bits per heavy atom.